The maximum atomic E-state index is 12.3. The number of amides is 3. The fourth-order valence-electron chi connectivity index (χ4n) is 2.42. The third-order valence-electron chi connectivity index (χ3n) is 4.03. The molecule has 0 radical (unpaired) electrons. The summed E-state index contributed by atoms with van der Waals surface area (Å²) in [6.45, 7) is 3.48. The molecule has 1 aliphatic heterocycles. The number of nitrogens with one attached hydrogen (secondary N) is 1. The van der Waals surface area contributed by atoms with E-state index in [9.17, 15) is 9.59 Å². The molecule has 6 nitrogen and oxygen atoms in total. The van der Waals surface area contributed by atoms with Crippen molar-refractivity contribution in [2.45, 2.75) is 19.5 Å². The minimum atomic E-state index is -0.336. The van der Waals surface area contributed by atoms with E-state index in [4.69, 9.17) is 0 Å². The van der Waals surface area contributed by atoms with Gasteiger partial charge in [-0.1, -0.05) is 12.1 Å². The molecule has 3 amide bonds. The summed E-state index contributed by atoms with van der Waals surface area (Å²) in [5, 5.41) is 2.65. The van der Waals surface area contributed by atoms with Gasteiger partial charge < -0.3 is 10.2 Å². The summed E-state index contributed by atoms with van der Waals surface area (Å²) in [5.41, 5.74) is 2.28. The van der Waals surface area contributed by atoms with Crippen molar-refractivity contribution in [3.05, 3.63) is 29.8 Å². The van der Waals surface area contributed by atoms with Crippen LogP contribution in [0.5, 0.6) is 0 Å². The lowest BCUT2D eigenvalue weighted by Gasteiger charge is -2.26. The van der Waals surface area contributed by atoms with Crippen LogP contribution in [0.2, 0.25) is 0 Å². The summed E-state index contributed by atoms with van der Waals surface area (Å²) in [7, 11) is 5.91. The van der Waals surface area contributed by atoms with Gasteiger partial charge in [0.1, 0.15) is 0 Å². The second-order valence-electron chi connectivity index (χ2n) is 5.87. The predicted molar refractivity (Wildman–Crippen MR) is 86.8 cm³/mol. The molecular weight excluding hydrogens is 280 g/mol. The van der Waals surface area contributed by atoms with Crippen molar-refractivity contribution in [1.82, 2.24) is 15.1 Å². The van der Waals surface area contributed by atoms with Gasteiger partial charge in [-0.2, -0.15) is 0 Å². The van der Waals surface area contributed by atoms with Crippen LogP contribution < -0.4 is 10.2 Å². The highest BCUT2D eigenvalue weighted by Gasteiger charge is 2.31. The second-order valence-corrected chi connectivity index (χ2v) is 5.87. The van der Waals surface area contributed by atoms with E-state index >= 15 is 0 Å². The molecule has 6 heteroatoms. The van der Waals surface area contributed by atoms with Gasteiger partial charge in [-0.25, -0.2) is 4.79 Å². The van der Waals surface area contributed by atoms with Gasteiger partial charge in [-0.05, 0) is 31.7 Å². The number of carbonyl (C=O) groups is 2. The smallest absolute Gasteiger partial charge is 0.324 e. The molecule has 1 heterocycles. The maximum absolute atomic E-state index is 12.3. The molecule has 0 spiro atoms. The Labute approximate surface area is 131 Å². The van der Waals surface area contributed by atoms with E-state index in [1.54, 1.807) is 0 Å². The fraction of sp³-hybridized carbons (Fsp3) is 0.500. The second kappa shape index (κ2) is 6.79. The van der Waals surface area contributed by atoms with Gasteiger partial charge in [0, 0.05) is 39.4 Å². The highest BCUT2D eigenvalue weighted by molar-refractivity contribution is 5.98. The highest BCUT2D eigenvalue weighted by atomic mass is 16.2. The number of nitrogens with zero attached hydrogens (tertiary/aromatic N) is 3. The monoisotopic (exact) mass is 304 g/mol. The van der Waals surface area contributed by atoms with Gasteiger partial charge in [0.05, 0.1) is 6.04 Å². The summed E-state index contributed by atoms with van der Waals surface area (Å²) in [6.07, 6.45) is 0. The lowest BCUT2D eigenvalue weighted by atomic mass is 10.1. The third-order valence-corrected chi connectivity index (χ3v) is 4.03. The van der Waals surface area contributed by atoms with E-state index in [0.717, 1.165) is 11.3 Å². The molecule has 0 unspecified atom stereocenters. The van der Waals surface area contributed by atoms with Gasteiger partial charge in [0.25, 0.3) is 0 Å². The molecule has 1 aromatic rings. The van der Waals surface area contributed by atoms with Crippen molar-refractivity contribution in [3.8, 4) is 0 Å². The number of hydrogen-bond acceptors (Lipinski definition) is 4. The molecule has 1 atom stereocenters. The first kappa shape index (κ1) is 16.3. The van der Waals surface area contributed by atoms with Crippen molar-refractivity contribution in [1.29, 1.82) is 0 Å². The predicted octanol–water partition coefficient (Wildman–Crippen LogP) is 1.12. The number of hydrogen-bond donors (Lipinski definition) is 1. The first-order chi connectivity index (χ1) is 10.4. The molecule has 2 rings (SSSR count). The minimum absolute atomic E-state index is 0.151. The number of imide groups is 1. The Bertz CT molecular complexity index is 542. The Morgan fingerprint density at radius 2 is 1.91 bits per heavy atom. The van der Waals surface area contributed by atoms with Crippen LogP contribution in [0.15, 0.2) is 24.3 Å². The summed E-state index contributed by atoms with van der Waals surface area (Å²) in [4.78, 5) is 29.2. The molecule has 1 aliphatic rings. The number of carbonyl (C=O) groups excluding carboxylic acids is 2. The lowest BCUT2D eigenvalue weighted by molar-refractivity contribution is -0.132. The average Bonchev–Trinajstić information content (AvgIpc) is 2.92. The molecule has 0 bridgehead atoms. The normalized spacial score (nSPS) is 15.9. The van der Waals surface area contributed by atoms with Crippen molar-refractivity contribution in [2.75, 3.05) is 39.1 Å². The molecule has 0 aliphatic carbocycles. The molecule has 120 valence electrons. The van der Waals surface area contributed by atoms with Crippen molar-refractivity contribution < 1.29 is 9.59 Å². The van der Waals surface area contributed by atoms with E-state index in [1.807, 2.05) is 37.9 Å². The molecular formula is C16H24N4O2. The Morgan fingerprint density at radius 1 is 1.27 bits per heavy atom. The standard InChI is InChI=1S/C16H24N4O2/c1-12(15(21)20-10-9-17-16(20)22)19(4)11-13-5-7-14(8-6-13)18(2)3/h5-8,12H,9-11H2,1-4H3,(H,17,22)/t12-/m1/s1. The van der Waals surface area contributed by atoms with E-state index < -0.39 is 0 Å². The first-order valence-corrected chi connectivity index (χ1v) is 7.46. The van der Waals surface area contributed by atoms with E-state index in [0.29, 0.717) is 19.6 Å². The zero-order chi connectivity index (χ0) is 16.3. The van der Waals surface area contributed by atoms with Gasteiger partial charge in [-0.15, -0.1) is 0 Å². The highest BCUT2D eigenvalue weighted by Crippen LogP contribution is 2.15. The van der Waals surface area contributed by atoms with Crippen LogP contribution in [0, 0.1) is 0 Å². The molecule has 1 fully saturated rings. The zero-order valence-electron chi connectivity index (χ0n) is 13.7. The Kier molecular flexibility index (Phi) is 5.03. The fourth-order valence-corrected chi connectivity index (χ4v) is 2.42. The van der Waals surface area contributed by atoms with Crippen LogP contribution in [-0.2, 0) is 11.3 Å². The minimum Gasteiger partial charge on any atom is -0.378 e. The van der Waals surface area contributed by atoms with E-state index in [1.165, 1.54) is 4.90 Å². The Balaban J connectivity index is 1.97. The number of rotatable bonds is 5. The van der Waals surface area contributed by atoms with Gasteiger partial charge in [0.2, 0.25) is 5.91 Å². The van der Waals surface area contributed by atoms with E-state index in [-0.39, 0.29) is 18.0 Å². The molecule has 1 aromatic carbocycles. The topological polar surface area (TPSA) is 55.9 Å². The van der Waals surface area contributed by atoms with Crippen molar-refractivity contribution in [2.24, 2.45) is 0 Å². The molecule has 1 saturated heterocycles. The first-order valence-electron chi connectivity index (χ1n) is 7.46. The van der Waals surface area contributed by atoms with Crippen molar-refractivity contribution in [3.63, 3.8) is 0 Å². The quantitative estimate of drug-likeness (QED) is 0.886. The number of anilines is 1. The molecule has 0 aromatic heterocycles. The van der Waals surface area contributed by atoms with Crippen LogP contribution in [-0.4, -0.2) is 62.0 Å². The SMILES string of the molecule is C[C@H](C(=O)N1CCNC1=O)N(C)Cc1ccc(N(C)C)cc1. The van der Waals surface area contributed by atoms with Crippen LogP contribution in [0.4, 0.5) is 10.5 Å². The van der Waals surface area contributed by atoms with Crippen LogP contribution in [0.25, 0.3) is 0 Å². The van der Waals surface area contributed by atoms with Gasteiger partial charge >= 0.3 is 6.03 Å². The number of likely N-dealkylation sites (N-methyl/N-ethyl adjacent to an activating group) is 1. The van der Waals surface area contributed by atoms with Gasteiger partial charge in [-0.3, -0.25) is 14.6 Å². The molecule has 22 heavy (non-hydrogen) atoms. The summed E-state index contributed by atoms with van der Waals surface area (Å²) < 4.78 is 0. The Morgan fingerprint density at radius 3 is 2.41 bits per heavy atom. The summed E-state index contributed by atoms with van der Waals surface area (Å²) in [6, 6.07) is 7.61. The largest absolute Gasteiger partial charge is 0.378 e. The average molecular weight is 304 g/mol. The van der Waals surface area contributed by atoms with Crippen LogP contribution in [0.3, 0.4) is 0 Å². The lowest BCUT2D eigenvalue weighted by Crippen LogP contribution is -2.46. The van der Waals surface area contributed by atoms with Crippen molar-refractivity contribution >= 4 is 17.6 Å². The zero-order valence-corrected chi connectivity index (χ0v) is 13.7. The van der Waals surface area contributed by atoms with Crippen LogP contribution in [0.1, 0.15) is 12.5 Å². The van der Waals surface area contributed by atoms with Crippen LogP contribution >= 0.6 is 0 Å². The Hall–Kier alpha value is -2.08. The van der Waals surface area contributed by atoms with Gasteiger partial charge in [0.15, 0.2) is 0 Å². The summed E-state index contributed by atoms with van der Waals surface area (Å²) in [5.74, 6) is -0.151. The number of benzene rings is 1. The number of urea groups is 1. The molecule has 1 N–H and O–H groups in total. The van der Waals surface area contributed by atoms with E-state index in [2.05, 4.69) is 29.6 Å². The molecule has 0 saturated carbocycles. The third kappa shape index (κ3) is 3.57. The maximum Gasteiger partial charge on any atom is 0.324 e. The summed E-state index contributed by atoms with van der Waals surface area (Å²) >= 11 is 0.